The lowest BCUT2D eigenvalue weighted by molar-refractivity contribution is 0.877. The lowest BCUT2D eigenvalue weighted by atomic mass is 10.0. The summed E-state index contributed by atoms with van der Waals surface area (Å²) in [5.41, 5.74) is 13.5. The van der Waals surface area contributed by atoms with Crippen molar-refractivity contribution in [2.24, 2.45) is 0 Å². The minimum atomic E-state index is 0.384. The third kappa shape index (κ3) is 1.32. The van der Waals surface area contributed by atoms with Crippen molar-refractivity contribution in [2.45, 2.75) is 19.8 Å². The molecule has 1 heterocycles. The van der Waals surface area contributed by atoms with Gasteiger partial charge in [0.15, 0.2) is 0 Å². The zero-order chi connectivity index (χ0) is 9.30. The van der Waals surface area contributed by atoms with Crippen LogP contribution in [0.5, 0.6) is 0 Å². The molecule has 1 aromatic heterocycles. The van der Waals surface area contributed by atoms with Crippen molar-refractivity contribution >= 4 is 28.1 Å². The highest BCUT2D eigenvalue weighted by atomic mass is 32.1. The van der Waals surface area contributed by atoms with E-state index >= 15 is 0 Å². The van der Waals surface area contributed by atoms with Gasteiger partial charge < -0.3 is 11.5 Å². The van der Waals surface area contributed by atoms with Crippen molar-refractivity contribution < 1.29 is 0 Å². The molecule has 0 fully saturated rings. The number of nitrogen functional groups attached to an aromatic ring is 2. The van der Waals surface area contributed by atoms with Crippen LogP contribution in [0.3, 0.4) is 0 Å². The summed E-state index contributed by atoms with van der Waals surface area (Å²) in [7, 11) is 0. The molecule has 12 heavy (non-hydrogen) atoms. The molecule has 0 saturated carbocycles. The summed E-state index contributed by atoms with van der Waals surface area (Å²) in [5.74, 6) is 0.384. The lowest BCUT2D eigenvalue weighted by Crippen LogP contribution is -1.96. The van der Waals surface area contributed by atoms with Crippen molar-refractivity contribution in [3.63, 3.8) is 0 Å². The highest BCUT2D eigenvalue weighted by Gasteiger charge is 2.14. The van der Waals surface area contributed by atoms with Crippen LogP contribution in [0.25, 0.3) is 6.08 Å². The standard InChI is InChI=1S/C9H14N2S/c1-4-6-8(10)7(5(2)3)9(11)12-6/h4-5H,1,10-11H2,2-3H3. The molecule has 0 atom stereocenters. The first-order valence-electron chi connectivity index (χ1n) is 3.88. The average molecular weight is 182 g/mol. The molecule has 66 valence electrons. The fourth-order valence-electron chi connectivity index (χ4n) is 1.24. The fraction of sp³-hybridized carbons (Fsp3) is 0.333. The van der Waals surface area contributed by atoms with Gasteiger partial charge in [0.1, 0.15) is 0 Å². The van der Waals surface area contributed by atoms with Gasteiger partial charge in [-0.1, -0.05) is 20.4 Å². The molecular formula is C9H14N2S. The SMILES string of the molecule is C=Cc1sc(N)c(C(C)C)c1N. The van der Waals surface area contributed by atoms with Crippen LogP contribution in [-0.4, -0.2) is 0 Å². The van der Waals surface area contributed by atoms with Gasteiger partial charge >= 0.3 is 0 Å². The monoisotopic (exact) mass is 182 g/mol. The Hall–Kier alpha value is -0.960. The summed E-state index contributed by atoms with van der Waals surface area (Å²) in [5, 5.41) is 0.817. The number of nitrogens with two attached hydrogens (primary N) is 2. The smallest absolute Gasteiger partial charge is 0.0919 e. The molecule has 0 aliphatic carbocycles. The molecule has 0 unspecified atom stereocenters. The Balaban J connectivity index is 3.27. The van der Waals surface area contributed by atoms with E-state index in [1.54, 1.807) is 6.08 Å². The van der Waals surface area contributed by atoms with E-state index in [4.69, 9.17) is 11.5 Å². The highest BCUT2D eigenvalue weighted by Crippen LogP contribution is 2.38. The molecule has 1 rings (SSSR count). The first-order valence-corrected chi connectivity index (χ1v) is 4.69. The second-order valence-corrected chi connectivity index (χ2v) is 4.10. The number of hydrogen-bond donors (Lipinski definition) is 2. The number of rotatable bonds is 2. The van der Waals surface area contributed by atoms with E-state index in [0.29, 0.717) is 5.92 Å². The molecule has 0 aliphatic rings. The van der Waals surface area contributed by atoms with Gasteiger partial charge in [-0.05, 0) is 12.0 Å². The molecule has 3 heteroatoms. The van der Waals surface area contributed by atoms with Crippen molar-refractivity contribution in [3.05, 3.63) is 17.0 Å². The van der Waals surface area contributed by atoms with E-state index in [2.05, 4.69) is 20.4 Å². The largest absolute Gasteiger partial charge is 0.397 e. The van der Waals surface area contributed by atoms with Crippen LogP contribution in [0.2, 0.25) is 0 Å². The van der Waals surface area contributed by atoms with Gasteiger partial charge in [-0.2, -0.15) is 0 Å². The van der Waals surface area contributed by atoms with Gasteiger partial charge in [0.25, 0.3) is 0 Å². The van der Waals surface area contributed by atoms with E-state index in [1.165, 1.54) is 11.3 Å². The maximum absolute atomic E-state index is 5.87. The second-order valence-electron chi connectivity index (χ2n) is 3.02. The molecule has 0 aromatic carbocycles. The summed E-state index contributed by atoms with van der Waals surface area (Å²) in [6, 6.07) is 0. The van der Waals surface area contributed by atoms with Gasteiger partial charge in [0, 0.05) is 5.56 Å². The highest BCUT2D eigenvalue weighted by molar-refractivity contribution is 7.17. The maximum Gasteiger partial charge on any atom is 0.0919 e. The normalized spacial score (nSPS) is 10.6. The Bertz CT molecular complexity index is 300. The summed E-state index contributed by atoms with van der Waals surface area (Å²) >= 11 is 1.50. The quantitative estimate of drug-likeness (QED) is 0.738. The van der Waals surface area contributed by atoms with Gasteiger partial charge in [0.05, 0.1) is 15.6 Å². The molecule has 0 aliphatic heterocycles. The summed E-state index contributed by atoms with van der Waals surface area (Å²) in [6.07, 6.45) is 1.75. The van der Waals surface area contributed by atoms with E-state index in [0.717, 1.165) is 21.1 Å². The topological polar surface area (TPSA) is 52.0 Å². The summed E-state index contributed by atoms with van der Waals surface area (Å²) in [6.45, 7) is 7.85. The maximum atomic E-state index is 5.87. The first-order chi connectivity index (χ1) is 5.57. The van der Waals surface area contributed by atoms with Crippen molar-refractivity contribution in [3.8, 4) is 0 Å². The number of thiophene rings is 1. The minimum Gasteiger partial charge on any atom is -0.397 e. The predicted octanol–water partition coefficient (Wildman–Crippen LogP) is 2.68. The molecule has 1 aromatic rings. The Morgan fingerprint density at radius 2 is 2.00 bits per heavy atom. The van der Waals surface area contributed by atoms with Crippen LogP contribution in [-0.2, 0) is 0 Å². The van der Waals surface area contributed by atoms with E-state index in [-0.39, 0.29) is 0 Å². The van der Waals surface area contributed by atoms with E-state index < -0.39 is 0 Å². The van der Waals surface area contributed by atoms with Crippen LogP contribution >= 0.6 is 11.3 Å². The third-order valence-corrected chi connectivity index (χ3v) is 2.85. The Kier molecular flexibility index (Phi) is 2.43. The molecular weight excluding hydrogens is 168 g/mol. The molecule has 0 spiro atoms. The van der Waals surface area contributed by atoms with E-state index in [9.17, 15) is 0 Å². The van der Waals surface area contributed by atoms with Crippen LogP contribution in [0.15, 0.2) is 6.58 Å². The van der Waals surface area contributed by atoms with Gasteiger partial charge in [-0.15, -0.1) is 11.3 Å². The van der Waals surface area contributed by atoms with Gasteiger partial charge in [-0.3, -0.25) is 0 Å². The number of hydrogen-bond acceptors (Lipinski definition) is 3. The first kappa shape index (κ1) is 9.13. The van der Waals surface area contributed by atoms with Gasteiger partial charge in [0.2, 0.25) is 0 Å². The molecule has 2 nitrogen and oxygen atoms in total. The molecule has 0 bridgehead atoms. The summed E-state index contributed by atoms with van der Waals surface area (Å²) in [4.78, 5) is 0.983. The summed E-state index contributed by atoms with van der Waals surface area (Å²) < 4.78 is 0. The Morgan fingerprint density at radius 3 is 2.25 bits per heavy atom. The van der Waals surface area contributed by atoms with Crippen LogP contribution < -0.4 is 11.5 Å². The fourth-order valence-corrected chi connectivity index (χ4v) is 2.24. The average Bonchev–Trinajstić information content (AvgIpc) is 2.25. The van der Waals surface area contributed by atoms with Crippen molar-refractivity contribution in [2.75, 3.05) is 11.5 Å². The zero-order valence-corrected chi connectivity index (χ0v) is 8.24. The zero-order valence-electron chi connectivity index (χ0n) is 7.42. The van der Waals surface area contributed by atoms with Crippen molar-refractivity contribution in [1.29, 1.82) is 0 Å². The third-order valence-electron chi connectivity index (χ3n) is 1.80. The van der Waals surface area contributed by atoms with Crippen LogP contribution in [0.1, 0.15) is 30.2 Å². The van der Waals surface area contributed by atoms with Crippen molar-refractivity contribution in [1.82, 2.24) is 0 Å². The van der Waals surface area contributed by atoms with E-state index in [1.807, 2.05) is 0 Å². The predicted molar refractivity (Wildman–Crippen MR) is 57.3 cm³/mol. The molecule has 0 radical (unpaired) electrons. The molecule has 4 N–H and O–H groups in total. The molecule has 0 amide bonds. The van der Waals surface area contributed by atoms with Crippen LogP contribution in [0.4, 0.5) is 10.7 Å². The lowest BCUT2D eigenvalue weighted by Gasteiger charge is -2.04. The Labute approximate surface area is 76.9 Å². The Morgan fingerprint density at radius 1 is 1.42 bits per heavy atom. The second kappa shape index (κ2) is 3.19. The van der Waals surface area contributed by atoms with Crippen LogP contribution in [0, 0.1) is 0 Å². The van der Waals surface area contributed by atoms with Gasteiger partial charge in [-0.25, -0.2) is 0 Å². The minimum absolute atomic E-state index is 0.384. The molecule has 0 saturated heterocycles. The number of anilines is 2.